The average Bonchev–Trinajstić information content (AvgIpc) is 3.36. The summed E-state index contributed by atoms with van der Waals surface area (Å²) in [6.45, 7) is 0. The van der Waals surface area contributed by atoms with E-state index in [2.05, 4.69) is 10.6 Å². The van der Waals surface area contributed by atoms with E-state index in [-0.39, 0.29) is 23.9 Å². The van der Waals surface area contributed by atoms with Crippen molar-refractivity contribution in [1.82, 2.24) is 5.32 Å². The molecule has 4 aromatic carbocycles. The van der Waals surface area contributed by atoms with Gasteiger partial charge in [0.2, 0.25) is 17.6 Å². The Morgan fingerprint density at radius 3 is 2.11 bits per heavy atom. The van der Waals surface area contributed by atoms with Gasteiger partial charge in [-0.1, -0.05) is 29.8 Å². The minimum absolute atomic E-state index is 0.0380. The maximum Gasteiger partial charge on any atom is 0.272 e. The van der Waals surface area contributed by atoms with Gasteiger partial charge < -0.3 is 24.8 Å². The number of imide groups is 1. The maximum atomic E-state index is 13.6. The van der Waals surface area contributed by atoms with Crippen molar-refractivity contribution in [3.05, 3.63) is 113 Å². The van der Waals surface area contributed by atoms with Crippen molar-refractivity contribution < 1.29 is 33.4 Å². The normalized spacial score (nSPS) is 14.5. The first-order chi connectivity index (χ1) is 22.7. The number of thioether (sulfide) groups is 1. The van der Waals surface area contributed by atoms with Gasteiger partial charge in [0, 0.05) is 27.6 Å². The second-order valence-corrected chi connectivity index (χ2v) is 11.9. The van der Waals surface area contributed by atoms with Crippen LogP contribution in [0.3, 0.4) is 0 Å². The van der Waals surface area contributed by atoms with E-state index in [1.807, 2.05) is 0 Å². The highest BCUT2D eigenvalue weighted by Crippen LogP contribution is 2.39. The highest BCUT2D eigenvalue weighted by molar-refractivity contribution is 8.00. The Kier molecular flexibility index (Phi) is 10.5. The third kappa shape index (κ3) is 7.76. The van der Waals surface area contributed by atoms with Gasteiger partial charge in [0.1, 0.15) is 5.70 Å². The Labute approximate surface area is 280 Å². The minimum atomic E-state index is -0.597. The number of halogens is 1. The van der Waals surface area contributed by atoms with Crippen LogP contribution in [-0.4, -0.2) is 50.2 Å². The van der Waals surface area contributed by atoms with Crippen LogP contribution in [0, 0.1) is 0 Å². The Morgan fingerprint density at radius 2 is 1.51 bits per heavy atom. The van der Waals surface area contributed by atoms with Gasteiger partial charge in [-0.25, -0.2) is 4.90 Å². The molecule has 0 aliphatic carbocycles. The molecule has 47 heavy (non-hydrogen) atoms. The van der Waals surface area contributed by atoms with Gasteiger partial charge in [-0.3, -0.25) is 19.2 Å². The lowest BCUT2D eigenvalue weighted by Gasteiger charge is -2.15. The quantitative estimate of drug-likeness (QED) is 0.143. The lowest BCUT2D eigenvalue weighted by molar-refractivity contribution is -0.121. The van der Waals surface area contributed by atoms with Crippen molar-refractivity contribution in [2.24, 2.45) is 0 Å². The second kappa shape index (κ2) is 14.9. The third-order valence-electron chi connectivity index (χ3n) is 7.11. The van der Waals surface area contributed by atoms with Gasteiger partial charge in [0.05, 0.1) is 32.3 Å². The Morgan fingerprint density at radius 1 is 0.872 bits per heavy atom. The molecule has 0 saturated carbocycles. The van der Waals surface area contributed by atoms with Gasteiger partial charge in [-0.2, -0.15) is 0 Å². The standard InChI is InChI=1S/C35H30ClN3O7S/c1-44-28-18-21(19-29(45-2)32(28)46-3)17-27(38-33(41)22-7-5-4-6-8-22)34(42)37-24-11-15-26(16-12-24)47-30-20-31(40)39(35(30)43)25-13-9-23(36)10-14-25/h4-19,30H,20H2,1-3H3,(H,37,42)(H,38,41)/b27-17-. The summed E-state index contributed by atoms with van der Waals surface area (Å²) < 4.78 is 16.3. The average molecular weight is 672 g/mol. The Balaban J connectivity index is 1.34. The largest absolute Gasteiger partial charge is 0.493 e. The summed E-state index contributed by atoms with van der Waals surface area (Å²) in [6.07, 6.45) is 1.56. The molecule has 0 spiro atoms. The third-order valence-corrected chi connectivity index (χ3v) is 8.56. The summed E-state index contributed by atoms with van der Waals surface area (Å²) in [5.74, 6) is -0.532. The molecule has 2 N–H and O–H groups in total. The molecule has 10 nitrogen and oxygen atoms in total. The number of rotatable bonds is 11. The first kappa shape index (κ1) is 33.1. The van der Waals surface area contributed by atoms with Gasteiger partial charge in [-0.05, 0) is 84.4 Å². The number of hydrogen-bond acceptors (Lipinski definition) is 8. The molecule has 1 unspecified atom stereocenters. The number of anilines is 2. The number of nitrogens with zero attached hydrogens (tertiary/aromatic N) is 1. The van der Waals surface area contributed by atoms with E-state index >= 15 is 0 Å². The second-order valence-electron chi connectivity index (χ2n) is 10.2. The molecule has 0 radical (unpaired) electrons. The molecule has 4 amide bonds. The van der Waals surface area contributed by atoms with Crippen LogP contribution in [0.2, 0.25) is 5.02 Å². The number of nitrogens with one attached hydrogen (secondary N) is 2. The summed E-state index contributed by atoms with van der Waals surface area (Å²) in [7, 11) is 4.45. The van der Waals surface area contributed by atoms with Gasteiger partial charge in [0.25, 0.3) is 11.8 Å². The molecule has 0 bridgehead atoms. The SMILES string of the molecule is COc1cc(/C=C(\NC(=O)c2ccccc2)C(=O)Nc2ccc(SC3CC(=O)N(c4ccc(Cl)cc4)C3=O)cc2)cc(OC)c1OC. The lowest BCUT2D eigenvalue weighted by Crippen LogP contribution is -2.31. The van der Waals surface area contributed by atoms with Crippen LogP contribution >= 0.6 is 23.4 Å². The molecule has 1 saturated heterocycles. The molecular weight excluding hydrogens is 642 g/mol. The van der Waals surface area contributed by atoms with Crippen molar-refractivity contribution in [2.45, 2.75) is 16.6 Å². The summed E-state index contributed by atoms with van der Waals surface area (Å²) in [6, 6.07) is 25.2. The number of hydrogen-bond donors (Lipinski definition) is 2. The van der Waals surface area contributed by atoms with Crippen LogP contribution in [0.1, 0.15) is 22.3 Å². The van der Waals surface area contributed by atoms with Crippen molar-refractivity contribution >= 4 is 64.4 Å². The maximum absolute atomic E-state index is 13.6. The molecule has 1 atom stereocenters. The molecule has 4 aromatic rings. The molecule has 5 rings (SSSR count). The first-order valence-electron chi connectivity index (χ1n) is 14.3. The smallest absolute Gasteiger partial charge is 0.272 e. The van der Waals surface area contributed by atoms with Gasteiger partial charge >= 0.3 is 0 Å². The molecule has 12 heteroatoms. The number of carbonyl (C=O) groups excluding carboxylic acids is 4. The van der Waals surface area contributed by atoms with Crippen LogP contribution in [0.5, 0.6) is 17.2 Å². The number of amides is 4. The summed E-state index contributed by atoms with van der Waals surface area (Å²) in [4.78, 5) is 54.3. The molecule has 0 aromatic heterocycles. The predicted molar refractivity (Wildman–Crippen MR) is 181 cm³/mol. The molecule has 240 valence electrons. The van der Waals surface area contributed by atoms with Crippen molar-refractivity contribution in [3.8, 4) is 17.2 Å². The van der Waals surface area contributed by atoms with E-state index in [9.17, 15) is 19.2 Å². The predicted octanol–water partition coefficient (Wildman–Crippen LogP) is 6.20. The fourth-order valence-electron chi connectivity index (χ4n) is 4.83. The zero-order valence-corrected chi connectivity index (χ0v) is 27.2. The zero-order valence-electron chi connectivity index (χ0n) is 25.6. The number of ether oxygens (including phenoxy) is 3. The van der Waals surface area contributed by atoms with Gasteiger partial charge in [-0.15, -0.1) is 11.8 Å². The van der Waals surface area contributed by atoms with E-state index in [0.29, 0.717) is 44.8 Å². The highest BCUT2D eigenvalue weighted by atomic mass is 35.5. The molecular formula is C35H30ClN3O7S. The van der Waals surface area contributed by atoms with E-state index in [1.54, 1.807) is 91.0 Å². The number of methoxy groups -OCH3 is 3. The van der Waals surface area contributed by atoms with Crippen molar-refractivity contribution in [2.75, 3.05) is 31.5 Å². The van der Waals surface area contributed by atoms with E-state index < -0.39 is 17.1 Å². The Hall–Kier alpha value is -5.26. The highest BCUT2D eigenvalue weighted by Gasteiger charge is 2.40. The van der Waals surface area contributed by atoms with E-state index in [1.165, 1.54) is 44.1 Å². The fraction of sp³-hybridized carbons (Fsp3) is 0.143. The number of benzene rings is 4. The molecule has 1 fully saturated rings. The van der Waals surface area contributed by atoms with Crippen molar-refractivity contribution in [3.63, 3.8) is 0 Å². The van der Waals surface area contributed by atoms with Crippen LogP contribution in [0.4, 0.5) is 11.4 Å². The molecule has 1 aliphatic heterocycles. The number of carbonyl (C=O) groups is 4. The van der Waals surface area contributed by atoms with Crippen LogP contribution in [0.25, 0.3) is 6.08 Å². The van der Waals surface area contributed by atoms with Crippen molar-refractivity contribution in [1.29, 1.82) is 0 Å². The van der Waals surface area contributed by atoms with Gasteiger partial charge in [0.15, 0.2) is 11.5 Å². The summed E-state index contributed by atoms with van der Waals surface area (Å²) in [5.41, 5.74) is 1.75. The molecule has 1 heterocycles. The van der Waals surface area contributed by atoms with Crippen LogP contribution in [0.15, 0.2) is 102 Å². The first-order valence-corrected chi connectivity index (χ1v) is 15.5. The summed E-state index contributed by atoms with van der Waals surface area (Å²) in [5, 5.41) is 5.43. The van der Waals surface area contributed by atoms with Crippen LogP contribution in [-0.2, 0) is 14.4 Å². The summed E-state index contributed by atoms with van der Waals surface area (Å²) >= 11 is 7.21. The fourth-order valence-corrected chi connectivity index (χ4v) is 6.01. The van der Waals surface area contributed by atoms with E-state index in [4.69, 9.17) is 25.8 Å². The topological polar surface area (TPSA) is 123 Å². The monoisotopic (exact) mass is 671 g/mol. The zero-order chi connectivity index (χ0) is 33.5. The van der Waals surface area contributed by atoms with E-state index in [0.717, 1.165) is 4.90 Å². The molecule has 1 aliphatic rings. The minimum Gasteiger partial charge on any atom is -0.493 e. The Bertz CT molecular complexity index is 1810. The lowest BCUT2D eigenvalue weighted by atomic mass is 10.1. The van der Waals surface area contributed by atoms with Crippen LogP contribution < -0.4 is 29.7 Å².